The van der Waals surface area contributed by atoms with E-state index >= 15 is 0 Å². The number of carbonyl (C=O) groups is 2. The van der Waals surface area contributed by atoms with Crippen molar-refractivity contribution in [3.8, 4) is 0 Å². The van der Waals surface area contributed by atoms with Crippen LogP contribution >= 0.6 is 0 Å². The Morgan fingerprint density at radius 2 is 1.96 bits per heavy atom. The molecule has 142 valence electrons. The zero-order valence-electron chi connectivity index (χ0n) is 15.6. The predicted molar refractivity (Wildman–Crippen MR) is 98.1 cm³/mol. The maximum atomic E-state index is 14.2. The van der Waals surface area contributed by atoms with Gasteiger partial charge in [0.05, 0.1) is 0 Å². The summed E-state index contributed by atoms with van der Waals surface area (Å²) >= 11 is 0. The van der Waals surface area contributed by atoms with Gasteiger partial charge in [-0.2, -0.15) is 0 Å². The highest BCUT2D eigenvalue weighted by Gasteiger charge is 2.52. The van der Waals surface area contributed by atoms with Gasteiger partial charge in [-0.3, -0.25) is 10.1 Å². The second-order valence-electron chi connectivity index (χ2n) is 7.74. The number of likely N-dealkylation sites (tertiary alicyclic amines) is 1. The predicted octanol–water partition coefficient (Wildman–Crippen LogP) is 2.70. The summed E-state index contributed by atoms with van der Waals surface area (Å²) in [5.74, 6) is -0.0173. The van der Waals surface area contributed by atoms with Gasteiger partial charge in [-0.05, 0) is 49.4 Å². The van der Waals surface area contributed by atoms with Gasteiger partial charge in [0.2, 0.25) is 0 Å². The van der Waals surface area contributed by atoms with Gasteiger partial charge in [-0.1, -0.05) is 38.5 Å². The van der Waals surface area contributed by atoms with Crippen molar-refractivity contribution in [2.75, 3.05) is 19.6 Å². The van der Waals surface area contributed by atoms with E-state index in [1.54, 1.807) is 18.2 Å². The maximum Gasteiger partial charge on any atom is 0.322 e. The molecule has 0 radical (unpaired) electrons. The number of nitrogens with one attached hydrogen (secondary N) is 2. The average molecular weight is 361 g/mol. The highest BCUT2D eigenvalue weighted by molar-refractivity contribution is 6.07. The summed E-state index contributed by atoms with van der Waals surface area (Å²) in [6.07, 6.45) is 2.97. The van der Waals surface area contributed by atoms with E-state index in [1.165, 1.54) is 6.07 Å². The van der Waals surface area contributed by atoms with Gasteiger partial charge in [0.25, 0.3) is 5.91 Å². The van der Waals surface area contributed by atoms with Crippen LogP contribution in [0.1, 0.15) is 38.7 Å². The lowest BCUT2D eigenvalue weighted by molar-refractivity contribution is -0.126. The van der Waals surface area contributed by atoms with E-state index in [0.29, 0.717) is 11.5 Å². The number of urea groups is 1. The molecule has 1 aromatic rings. The van der Waals surface area contributed by atoms with Crippen molar-refractivity contribution in [1.82, 2.24) is 15.5 Å². The SMILES string of the molecule is CCC(C)CN1CCC(C2(Cc3ccccc3F)NC(=O)NC2=O)CC1. The molecule has 0 saturated carbocycles. The minimum absolute atomic E-state index is 0.00161. The largest absolute Gasteiger partial charge is 0.323 e. The summed E-state index contributed by atoms with van der Waals surface area (Å²) in [4.78, 5) is 27.0. The molecule has 0 aromatic heterocycles. The molecule has 26 heavy (non-hydrogen) atoms. The number of hydrogen-bond donors (Lipinski definition) is 2. The molecule has 2 fully saturated rings. The number of carbonyl (C=O) groups excluding carboxylic acids is 2. The molecule has 1 aromatic carbocycles. The van der Waals surface area contributed by atoms with Crippen molar-refractivity contribution in [2.45, 2.75) is 45.1 Å². The van der Waals surface area contributed by atoms with Crippen LogP contribution in [-0.2, 0) is 11.2 Å². The number of imide groups is 1. The first kappa shape index (κ1) is 18.8. The highest BCUT2D eigenvalue weighted by atomic mass is 19.1. The number of piperidine rings is 1. The molecular weight excluding hydrogens is 333 g/mol. The topological polar surface area (TPSA) is 61.4 Å². The summed E-state index contributed by atoms with van der Waals surface area (Å²) in [6.45, 7) is 7.30. The maximum absolute atomic E-state index is 14.2. The van der Waals surface area contributed by atoms with Crippen LogP contribution in [0.25, 0.3) is 0 Å². The van der Waals surface area contributed by atoms with Crippen LogP contribution in [0.3, 0.4) is 0 Å². The Labute approximate surface area is 154 Å². The van der Waals surface area contributed by atoms with Gasteiger partial charge >= 0.3 is 6.03 Å². The number of nitrogens with zero attached hydrogens (tertiary/aromatic N) is 1. The standard InChI is InChI=1S/C20H28FN3O2/c1-3-14(2)13-24-10-8-16(9-11-24)20(18(25)22-19(26)23-20)12-15-6-4-5-7-17(15)21/h4-7,14,16H,3,8-13H2,1-2H3,(H2,22,23,25,26). The van der Waals surface area contributed by atoms with Crippen molar-refractivity contribution in [1.29, 1.82) is 0 Å². The molecule has 3 amide bonds. The molecule has 2 aliphatic heterocycles. The zero-order valence-corrected chi connectivity index (χ0v) is 15.6. The van der Waals surface area contributed by atoms with Crippen molar-refractivity contribution in [3.63, 3.8) is 0 Å². The van der Waals surface area contributed by atoms with E-state index in [9.17, 15) is 14.0 Å². The first-order valence-corrected chi connectivity index (χ1v) is 9.54. The normalized spacial score (nSPS) is 25.8. The molecular formula is C20H28FN3O2. The van der Waals surface area contributed by atoms with Gasteiger partial charge in [0.15, 0.2) is 0 Å². The number of halogens is 1. The Morgan fingerprint density at radius 3 is 2.54 bits per heavy atom. The summed E-state index contributed by atoms with van der Waals surface area (Å²) < 4.78 is 14.2. The lowest BCUT2D eigenvalue weighted by Crippen LogP contribution is -2.57. The van der Waals surface area contributed by atoms with Crippen LogP contribution in [0.5, 0.6) is 0 Å². The van der Waals surface area contributed by atoms with E-state index in [1.807, 2.05) is 0 Å². The first-order valence-electron chi connectivity index (χ1n) is 9.54. The molecule has 2 aliphatic rings. The molecule has 5 nitrogen and oxygen atoms in total. The molecule has 0 bridgehead atoms. The van der Waals surface area contributed by atoms with Gasteiger partial charge in [0.1, 0.15) is 11.4 Å². The van der Waals surface area contributed by atoms with Crippen molar-refractivity contribution in [2.24, 2.45) is 11.8 Å². The zero-order chi connectivity index (χ0) is 18.7. The van der Waals surface area contributed by atoms with Crippen LogP contribution < -0.4 is 10.6 Å². The number of amides is 3. The monoisotopic (exact) mass is 361 g/mol. The van der Waals surface area contributed by atoms with Crippen LogP contribution in [0.4, 0.5) is 9.18 Å². The molecule has 2 saturated heterocycles. The van der Waals surface area contributed by atoms with E-state index < -0.39 is 11.6 Å². The second kappa shape index (κ2) is 7.74. The van der Waals surface area contributed by atoms with Crippen LogP contribution in [-0.4, -0.2) is 42.0 Å². The summed E-state index contributed by atoms with van der Waals surface area (Å²) in [7, 11) is 0. The lowest BCUT2D eigenvalue weighted by Gasteiger charge is -2.41. The van der Waals surface area contributed by atoms with Crippen LogP contribution in [0.2, 0.25) is 0 Å². The quantitative estimate of drug-likeness (QED) is 0.766. The fourth-order valence-electron chi connectivity index (χ4n) is 4.18. The summed E-state index contributed by atoms with van der Waals surface area (Å²) in [5.41, 5.74) is -0.589. The Bertz CT molecular complexity index is 673. The Balaban J connectivity index is 1.77. The fraction of sp³-hybridized carbons (Fsp3) is 0.600. The Hall–Kier alpha value is -1.95. The molecule has 6 heteroatoms. The van der Waals surface area contributed by atoms with Gasteiger partial charge in [-0.15, -0.1) is 0 Å². The molecule has 3 rings (SSSR count). The van der Waals surface area contributed by atoms with E-state index in [-0.39, 0.29) is 24.1 Å². The molecule has 2 heterocycles. The van der Waals surface area contributed by atoms with E-state index in [2.05, 4.69) is 29.4 Å². The minimum Gasteiger partial charge on any atom is -0.323 e. The molecule has 0 spiro atoms. The molecule has 2 atom stereocenters. The third kappa shape index (κ3) is 3.75. The average Bonchev–Trinajstić information content (AvgIpc) is 2.91. The Kier molecular flexibility index (Phi) is 5.61. The first-order chi connectivity index (χ1) is 12.4. The fourth-order valence-corrected chi connectivity index (χ4v) is 4.18. The highest BCUT2D eigenvalue weighted by Crippen LogP contribution is 2.34. The van der Waals surface area contributed by atoms with E-state index in [4.69, 9.17) is 0 Å². The second-order valence-corrected chi connectivity index (χ2v) is 7.74. The number of rotatable bonds is 6. The summed E-state index contributed by atoms with van der Waals surface area (Å²) in [5, 5.41) is 5.22. The van der Waals surface area contributed by atoms with Crippen LogP contribution in [0, 0.1) is 17.7 Å². The van der Waals surface area contributed by atoms with Gasteiger partial charge < -0.3 is 10.2 Å². The Morgan fingerprint density at radius 1 is 1.27 bits per heavy atom. The van der Waals surface area contributed by atoms with Crippen LogP contribution in [0.15, 0.2) is 24.3 Å². The number of benzene rings is 1. The lowest BCUT2D eigenvalue weighted by atomic mass is 9.74. The third-order valence-electron chi connectivity index (χ3n) is 5.95. The third-order valence-corrected chi connectivity index (χ3v) is 5.95. The summed E-state index contributed by atoms with van der Waals surface area (Å²) in [6, 6.07) is 5.99. The molecule has 2 N–H and O–H groups in total. The van der Waals surface area contributed by atoms with Gasteiger partial charge in [0, 0.05) is 13.0 Å². The van der Waals surface area contributed by atoms with Crippen molar-refractivity contribution in [3.05, 3.63) is 35.6 Å². The number of hydrogen-bond acceptors (Lipinski definition) is 3. The smallest absolute Gasteiger partial charge is 0.322 e. The van der Waals surface area contributed by atoms with E-state index in [0.717, 1.165) is 38.9 Å². The minimum atomic E-state index is -1.05. The molecule has 2 unspecified atom stereocenters. The van der Waals surface area contributed by atoms with Crippen molar-refractivity contribution >= 4 is 11.9 Å². The van der Waals surface area contributed by atoms with Gasteiger partial charge in [-0.25, -0.2) is 9.18 Å². The van der Waals surface area contributed by atoms with Crippen molar-refractivity contribution < 1.29 is 14.0 Å². The molecule has 0 aliphatic carbocycles.